The van der Waals surface area contributed by atoms with E-state index >= 15 is 0 Å². The van der Waals surface area contributed by atoms with E-state index in [0.717, 1.165) is 0 Å². The highest BCUT2D eigenvalue weighted by Gasteiger charge is 2.25. The van der Waals surface area contributed by atoms with E-state index in [0.29, 0.717) is 17.1 Å². The van der Waals surface area contributed by atoms with Gasteiger partial charge in [-0.05, 0) is 32.0 Å². The van der Waals surface area contributed by atoms with Crippen LogP contribution in [-0.4, -0.2) is 24.3 Å². The third kappa shape index (κ3) is 2.76. The van der Waals surface area contributed by atoms with Gasteiger partial charge in [-0.15, -0.1) is 0 Å². The van der Waals surface area contributed by atoms with Crippen molar-refractivity contribution in [3.63, 3.8) is 0 Å². The second-order valence-corrected chi connectivity index (χ2v) is 5.85. The number of carbonyl (C=O) groups is 1. The van der Waals surface area contributed by atoms with Gasteiger partial charge in [0, 0.05) is 5.56 Å². The number of hydrogen-bond acceptors (Lipinski definition) is 3. The van der Waals surface area contributed by atoms with Crippen LogP contribution in [-0.2, 0) is 0 Å². The van der Waals surface area contributed by atoms with Gasteiger partial charge in [-0.25, -0.2) is 0 Å². The Morgan fingerprint density at radius 2 is 1.75 bits per heavy atom. The van der Waals surface area contributed by atoms with E-state index in [1.54, 1.807) is 32.4 Å². The summed E-state index contributed by atoms with van der Waals surface area (Å²) in [4.78, 5) is 12.0. The Balaban J connectivity index is 3.13. The summed E-state index contributed by atoms with van der Waals surface area (Å²) < 4.78 is 9.68. The molecule has 0 aliphatic rings. The summed E-state index contributed by atoms with van der Waals surface area (Å²) in [6, 6.07) is 5.14. The van der Waals surface area contributed by atoms with Gasteiger partial charge in [0.15, 0.2) is 17.3 Å². The minimum atomic E-state index is -0.577. The number of alkyl halides is 1. The molecule has 1 aromatic rings. The molecule has 0 aromatic heterocycles. The number of methoxy groups -OCH3 is 2. The quantitative estimate of drug-likeness (QED) is 0.630. The second-order valence-electron chi connectivity index (χ2n) is 3.87. The van der Waals surface area contributed by atoms with E-state index < -0.39 is 4.32 Å². The van der Waals surface area contributed by atoms with Crippen molar-refractivity contribution in [3.8, 4) is 11.5 Å². The van der Waals surface area contributed by atoms with Crippen LogP contribution < -0.4 is 9.47 Å². The maximum Gasteiger partial charge on any atom is 0.179 e. The highest BCUT2D eigenvalue weighted by molar-refractivity contribution is 9.10. The number of ether oxygens (including phenoxy) is 2. The lowest BCUT2D eigenvalue weighted by molar-refractivity contribution is 0.0961. The molecular weight excluding hydrogens is 272 g/mol. The number of carbonyl (C=O) groups excluding carboxylic acids is 1. The van der Waals surface area contributed by atoms with Crippen LogP contribution in [0.25, 0.3) is 0 Å². The summed E-state index contributed by atoms with van der Waals surface area (Å²) >= 11 is 3.34. The zero-order valence-corrected chi connectivity index (χ0v) is 11.4. The summed E-state index contributed by atoms with van der Waals surface area (Å²) in [5, 5.41) is 0. The van der Waals surface area contributed by atoms with Crippen molar-refractivity contribution in [1.29, 1.82) is 0 Å². The molecule has 0 N–H and O–H groups in total. The molecule has 0 aliphatic heterocycles. The third-order valence-corrected chi connectivity index (χ3v) is 2.55. The molecule has 0 saturated carbocycles. The predicted octanol–water partition coefficient (Wildman–Crippen LogP) is 3.06. The van der Waals surface area contributed by atoms with Crippen LogP contribution in [0.15, 0.2) is 18.2 Å². The topological polar surface area (TPSA) is 35.5 Å². The van der Waals surface area contributed by atoms with E-state index in [4.69, 9.17) is 9.47 Å². The SMILES string of the molecule is COc1ccc(C(=O)C(C)(C)Br)cc1OC. The zero-order valence-electron chi connectivity index (χ0n) is 9.83. The number of ketones is 1. The Hall–Kier alpha value is -1.03. The Bertz CT molecular complexity index is 394. The van der Waals surface area contributed by atoms with E-state index in [9.17, 15) is 4.79 Å². The summed E-state index contributed by atoms with van der Waals surface area (Å²) in [6.45, 7) is 3.62. The lowest BCUT2D eigenvalue weighted by Gasteiger charge is -2.16. The van der Waals surface area contributed by atoms with E-state index in [-0.39, 0.29) is 5.78 Å². The molecule has 0 bridgehead atoms. The van der Waals surface area contributed by atoms with Gasteiger partial charge in [0.2, 0.25) is 0 Å². The fourth-order valence-corrected chi connectivity index (χ4v) is 1.55. The van der Waals surface area contributed by atoms with Crippen molar-refractivity contribution in [3.05, 3.63) is 23.8 Å². The molecule has 0 amide bonds. The van der Waals surface area contributed by atoms with Crippen LogP contribution in [0.2, 0.25) is 0 Å². The molecule has 0 unspecified atom stereocenters. The van der Waals surface area contributed by atoms with Crippen molar-refractivity contribution in [2.24, 2.45) is 0 Å². The summed E-state index contributed by atoms with van der Waals surface area (Å²) in [5.74, 6) is 1.19. The Kier molecular flexibility index (Phi) is 3.97. The average molecular weight is 287 g/mol. The standard InChI is InChI=1S/C12H15BrO3/c1-12(2,13)11(14)8-5-6-9(15-3)10(7-8)16-4/h5-7H,1-4H3. The maximum absolute atomic E-state index is 12.0. The first kappa shape index (κ1) is 13.0. The fraction of sp³-hybridized carbons (Fsp3) is 0.417. The van der Waals surface area contributed by atoms with Crippen LogP contribution in [0.4, 0.5) is 0 Å². The third-order valence-electron chi connectivity index (χ3n) is 2.19. The second kappa shape index (κ2) is 4.87. The average Bonchev–Trinajstić information content (AvgIpc) is 2.25. The molecule has 4 heteroatoms. The Morgan fingerprint density at radius 3 is 2.19 bits per heavy atom. The molecule has 1 rings (SSSR count). The molecule has 0 aliphatic carbocycles. The summed E-state index contributed by atoms with van der Waals surface area (Å²) in [6.07, 6.45) is 0. The first-order chi connectivity index (χ1) is 7.40. The van der Waals surface area contributed by atoms with Crippen molar-refractivity contribution in [2.45, 2.75) is 18.2 Å². The summed E-state index contributed by atoms with van der Waals surface area (Å²) in [5.41, 5.74) is 0.597. The highest BCUT2D eigenvalue weighted by Crippen LogP contribution is 2.30. The van der Waals surface area contributed by atoms with Crippen molar-refractivity contribution in [2.75, 3.05) is 14.2 Å². The molecule has 3 nitrogen and oxygen atoms in total. The molecule has 0 spiro atoms. The van der Waals surface area contributed by atoms with Gasteiger partial charge in [0.25, 0.3) is 0 Å². The van der Waals surface area contributed by atoms with Crippen LogP contribution in [0, 0.1) is 0 Å². The van der Waals surface area contributed by atoms with Crippen molar-refractivity contribution in [1.82, 2.24) is 0 Å². The van der Waals surface area contributed by atoms with Gasteiger partial charge >= 0.3 is 0 Å². The monoisotopic (exact) mass is 286 g/mol. The fourth-order valence-electron chi connectivity index (χ4n) is 1.32. The first-order valence-corrected chi connectivity index (χ1v) is 5.65. The lowest BCUT2D eigenvalue weighted by atomic mass is 10.0. The molecular formula is C12H15BrO3. The number of rotatable bonds is 4. The van der Waals surface area contributed by atoms with Crippen LogP contribution in [0.3, 0.4) is 0 Å². The smallest absolute Gasteiger partial charge is 0.179 e. The molecule has 0 saturated heterocycles. The Morgan fingerprint density at radius 1 is 1.19 bits per heavy atom. The number of halogens is 1. The summed E-state index contributed by atoms with van der Waals surface area (Å²) in [7, 11) is 3.11. The first-order valence-electron chi connectivity index (χ1n) is 4.86. The molecule has 16 heavy (non-hydrogen) atoms. The van der Waals surface area contributed by atoms with Gasteiger partial charge in [0.1, 0.15) is 0 Å². The Labute approximate surface area is 104 Å². The number of hydrogen-bond donors (Lipinski definition) is 0. The minimum Gasteiger partial charge on any atom is -0.493 e. The minimum absolute atomic E-state index is 0.00783. The number of Topliss-reactive ketones (excluding diaryl/α,β-unsaturated/α-hetero) is 1. The van der Waals surface area contributed by atoms with Crippen LogP contribution in [0.1, 0.15) is 24.2 Å². The van der Waals surface area contributed by atoms with E-state index in [2.05, 4.69) is 15.9 Å². The molecule has 0 heterocycles. The lowest BCUT2D eigenvalue weighted by Crippen LogP contribution is -2.23. The van der Waals surface area contributed by atoms with E-state index in [1.807, 2.05) is 13.8 Å². The molecule has 0 atom stereocenters. The van der Waals surface area contributed by atoms with Gasteiger partial charge in [-0.1, -0.05) is 15.9 Å². The molecule has 1 aromatic carbocycles. The van der Waals surface area contributed by atoms with Crippen molar-refractivity contribution < 1.29 is 14.3 Å². The van der Waals surface area contributed by atoms with Gasteiger partial charge in [-0.2, -0.15) is 0 Å². The molecule has 0 radical (unpaired) electrons. The van der Waals surface area contributed by atoms with E-state index in [1.165, 1.54) is 0 Å². The van der Waals surface area contributed by atoms with Gasteiger partial charge in [-0.3, -0.25) is 4.79 Å². The highest BCUT2D eigenvalue weighted by atomic mass is 79.9. The van der Waals surface area contributed by atoms with Crippen LogP contribution >= 0.6 is 15.9 Å². The normalized spacial score (nSPS) is 11.1. The predicted molar refractivity (Wildman–Crippen MR) is 66.9 cm³/mol. The molecule has 88 valence electrons. The zero-order chi connectivity index (χ0) is 12.3. The number of benzene rings is 1. The van der Waals surface area contributed by atoms with Gasteiger partial charge < -0.3 is 9.47 Å². The van der Waals surface area contributed by atoms with Crippen molar-refractivity contribution >= 4 is 21.7 Å². The molecule has 0 fully saturated rings. The largest absolute Gasteiger partial charge is 0.493 e. The van der Waals surface area contributed by atoms with Crippen LogP contribution in [0.5, 0.6) is 11.5 Å². The van der Waals surface area contributed by atoms with Gasteiger partial charge in [0.05, 0.1) is 18.5 Å². The maximum atomic E-state index is 12.0.